The van der Waals surface area contributed by atoms with Gasteiger partial charge in [-0.3, -0.25) is 9.59 Å². The van der Waals surface area contributed by atoms with Crippen molar-refractivity contribution in [2.45, 2.75) is 19.4 Å². The van der Waals surface area contributed by atoms with Crippen LogP contribution in [0.25, 0.3) is 0 Å². The zero-order valence-corrected chi connectivity index (χ0v) is 13.9. The summed E-state index contributed by atoms with van der Waals surface area (Å²) in [6, 6.07) is 12.7. The van der Waals surface area contributed by atoms with Crippen molar-refractivity contribution in [1.82, 2.24) is 5.32 Å². The van der Waals surface area contributed by atoms with Crippen LogP contribution in [0.15, 0.2) is 48.5 Å². The lowest BCUT2D eigenvalue weighted by Crippen LogP contribution is -2.51. The number of halogens is 1. The van der Waals surface area contributed by atoms with E-state index in [-0.39, 0.29) is 18.0 Å². The number of carbonyl (C=O) groups is 2. The average Bonchev–Trinajstić information content (AvgIpc) is 2.65. The van der Waals surface area contributed by atoms with Crippen LogP contribution in [-0.4, -0.2) is 31.0 Å². The van der Waals surface area contributed by atoms with Crippen LogP contribution in [0.2, 0.25) is 0 Å². The van der Waals surface area contributed by atoms with Crippen LogP contribution in [-0.2, 0) is 4.79 Å². The van der Waals surface area contributed by atoms with Gasteiger partial charge in [0.1, 0.15) is 11.6 Å². The largest absolute Gasteiger partial charge is 0.477 e. The summed E-state index contributed by atoms with van der Waals surface area (Å²) in [6.07, 6.45) is -0.0374. The number of hydrogen-bond donors (Lipinski definition) is 1. The molecule has 1 aliphatic heterocycles. The average molecular weight is 342 g/mol. The minimum absolute atomic E-state index is 0.0275. The van der Waals surface area contributed by atoms with Crippen LogP contribution < -0.4 is 15.0 Å². The number of ether oxygens (including phenoxy) is 1. The Morgan fingerprint density at radius 3 is 2.68 bits per heavy atom. The Kier molecular flexibility index (Phi) is 4.97. The highest BCUT2D eigenvalue weighted by Gasteiger charge is 2.34. The molecule has 1 atom stereocenters. The second-order valence-electron chi connectivity index (χ2n) is 5.76. The molecule has 1 N–H and O–H groups in total. The third-order valence-electron chi connectivity index (χ3n) is 3.96. The van der Waals surface area contributed by atoms with Crippen LogP contribution in [0.4, 0.5) is 10.1 Å². The number of hydrogen-bond acceptors (Lipinski definition) is 3. The van der Waals surface area contributed by atoms with Crippen LogP contribution in [0.5, 0.6) is 5.75 Å². The molecule has 0 aromatic heterocycles. The monoisotopic (exact) mass is 342 g/mol. The van der Waals surface area contributed by atoms with Gasteiger partial charge in [-0.15, -0.1) is 0 Å². The van der Waals surface area contributed by atoms with E-state index in [0.29, 0.717) is 18.0 Å². The van der Waals surface area contributed by atoms with Gasteiger partial charge in [-0.25, -0.2) is 4.39 Å². The summed E-state index contributed by atoms with van der Waals surface area (Å²) in [7, 11) is 0. The molecular weight excluding hydrogens is 323 g/mol. The van der Waals surface area contributed by atoms with Crippen LogP contribution in [0, 0.1) is 5.82 Å². The minimum atomic E-state index is -0.836. The first-order valence-electron chi connectivity index (χ1n) is 8.21. The molecule has 6 heteroatoms. The molecular formula is C19H19FN2O3. The fraction of sp³-hybridized carbons (Fsp3) is 0.263. The van der Waals surface area contributed by atoms with Crippen molar-refractivity contribution >= 4 is 17.5 Å². The molecule has 2 amide bonds. The first kappa shape index (κ1) is 17.0. The molecule has 25 heavy (non-hydrogen) atoms. The van der Waals surface area contributed by atoms with Gasteiger partial charge in [-0.2, -0.15) is 0 Å². The van der Waals surface area contributed by atoms with Gasteiger partial charge in [0, 0.05) is 6.54 Å². The lowest BCUT2D eigenvalue weighted by atomic mass is 10.1. The van der Waals surface area contributed by atoms with Crippen molar-refractivity contribution in [1.29, 1.82) is 0 Å². The second-order valence-corrected chi connectivity index (χ2v) is 5.76. The Bertz CT molecular complexity index is 794. The molecule has 0 radical (unpaired) electrons. The summed E-state index contributed by atoms with van der Waals surface area (Å²) >= 11 is 0. The number of rotatable bonds is 4. The summed E-state index contributed by atoms with van der Waals surface area (Å²) in [5, 5.41) is 2.77. The lowest BCUT2D eigenvalue weighted by Gasteiger charge is -2.34. The molecule has 2 aromatic rings. The third kappa shape index (κ3) is 3.47. The second kappa shape index (κ2) is 7.34. The number of fused-ring (bicyclic) bond motifs is 1. The maximum Gasteiger partial charge on any atom is 0.262 e. The molecule has 1 aliphatic rings. The standard InChI is InChI=1S/C19H19FN2O3/c1-2-11-21-18(23)17-12-22(15-9-5-6-10-16(15)25-17)19(24)13-7-3-4-8-14(13)20/h3-10,17H,2,11-12H2,1H3,(H,21,23)/t17-/m0/s1. The molecule has 0 fully saturated rings. The topological polar surface area (TPSA) is 58.6 Å². The van der Waals surface area contributed by atoms with E-state index in [9.17, 15) is 14.0 Å². The number of amides is 2. The minimum Gasteiger partial charge on any atom is -0.477 e. The number of para-hydroxylation sites is 2. The highest BCUT2D eigenvalue weighted by Crippen LogP contribution is 2.34. The fourth-order valence-corrected chi connectivity index (χ4v) is 2.71. The van der Waals surface area contributed by atoms with Crippen LogP contribution in [0.3, 0.4) is 0 Å². The summed E-state index contributed by atoms with van der Waals surface area (Å²) < 4.78 is 19.8. The van der Waals surface area contributed by atoms with Crippen molar-refractivity contribution in [2.75, 3.05) is 18.0 Å². The smallest absolute Gasteiger partial charge is 0.262 e. The molecule has 0 aliphatic carbocycles. The molecule has 0 unspecified atom stereocenters. The van der Waals surface area contributed by atoms with Gasteiger partial charge in [0.25, 0.3) is 11.8 Å². The molecule has 1 heterocycles. The number of carbonyl (C=O) groups excluding carboxylic acids is 2. The molecule has 2 aromatic carbocycles. The summed E-state index contributed by atoms with van der Waals surface area (Å²) in [4.78, 5) is 26.6. The summed E-state index contributed by atoms with van der Waals surface area (Å²) in [6.45, 7) is 2.51. The SMILES string of the molecule is CCCNC(=O)[C@@H]1CN(C(=O)c2ccccc2F)c2ccccc2O1. The van der Waals surface area contributed by atoms with Gasteiger partial charge in [0.05, 0.1) is 17.8 Å². The van der Waals surface area contributed by atoms with E-state index in [1.165, 1.54) is 23.1 Å². The van der Waals surface area contributed by atoms with E-state index >= 15 is 0 Å². The quantitative estimate of drug-likeness (QED) is 0.929. The van der Waals surface area contributed by atoms with Gasteiger partial charge in [-0.1, -0.05) is 31.2 Å². The first-order chi connectivity index (χ1) is 12.1. The van der Waals surface area contributed by atoms with Gasteiger partial charge < -0.3 is 15.0 Å². The van der Waals surface area contributed by atoms with Crippen molar-refractivity contribution in [2.24, 2.45) is 0 Å². The maximum absolute atomic E-state index is 14.0. The molecule has 0 spiro atoms. The van der Waals surface area contributed by atoms with Crippen LogP contribution in [0.1, 0.15) is 23.7 Å². The van der Waals surface area contributed by atoms with Crippen molar-refractivity contribution in [3.05, 3.63) is 59.9 Å². The molecule has 3 rings (SSSR count). The van der Waals surface area contributed by atoms with Crippen molar-refractivity contribution in [3.8, 4) is 5.75 Å². The van der Waals surface area contributed by atoms with Crippen LogP contribution >= 0.6 is 0 Å². The first-order valence-corrected chi connectivity index (χ1v) is 8.21. The van der Waals surface area contributed by atoms with E-state index < -0.39 is 17.8 Å². The van der Waals surface area contributed by atoms with Crippen molar-refractivity contribution in [3.63, 3.8) is 0 Å². The Morgan fingerprint density at radius 1 is 1.20 bits per heavy atom. The highest BCUT2D eigenvalue weighted by atomic mass is 19.1. The fourth-order valence-electron chi connectivity index (χ4n) is 2.71. The molecule has 0 bridgehead atoms. The zero-order valence-electron chi connectivity index (χ0n) is 13.9. The molecule has 5 nitrogen and oxygen atoms in total. The number of anilines is 1. The summed E-state index contributed by atoms with van der Waals surface area (Å²) in [5.41, 5.74) is 0.488. The third-order valence-corrected chi connectivity index (χ3v) is 3.96. The predicted molar refractivity (Wildman–Crippen MR) is 92.2 cm³/mol. The number of benzene rings is 2. The van der Waals surface area contributed by atoms with E-state index in [1.807, 2.05) is 6.92 Å². The van der Waals surface area contributed by atoms with Crippen molar-refractivity contribution < 1.29 is 18.7 Å². The van der Waals surface area contributed by atoms with Gasteiger partial charge in [0.2, 0.25) is 0 Å². The van der Waals surface area contributed by atoms with Gasteiger partial charge in [0.15, 0.2) is 6.10 Å². The van der Waals surface area contributed by atoms with Gasteiger partial charge >= 0.3 is 0 Å². The maximum atomic E-state index is 14.0. The highest BCUT2D eigenvalue weighted by molar-refractivity contribution is 6.08. The Labute approximate surface area is 145 Å². The molecule has 0 saturated heterocycles. The lowest BCUT2D eigenvalue weighted by molar-refractivity contribution is -0.127. The summed E-state index contributed by atoms with van der Waals surface area (Å²) in [5.74, 6) is -0.955. The van der Waals surface area contributed by atoms with E-state index in [0.717, 1.165) is 6.42 Å². The van der Waals surface area contributed by atoms with E-state index in [4.69, 9.17) is 4.74 Å². The number of nitrogens with zero attached hydrogens (tertiary/aromatic N) is 1. The van der Waals surface area contributed by atoms with Gasteiger partial charge in [-0.05, 0) is 30.7 Å². The van der Waals surface area contributed by atoms with E-state index in [2.05, 4.69) is 5.32 Å². The molecule has 130 valence electrons. The Hall–Kier alpha value is -2.89. The predicted octanol–water partition coefficient (Wildman–Crippen LogP) is 2.76. The molecule has 0 saturated carbocycles. The Balaban J connectivity index is 1.93. The van der Waals surface area contributed by atoms with E-state index in [1.54, 1.807) is 30.3 Å². The Morgan fingerprint density at radius 2 is 1.92 bits per heavy atom. The normalized spacial score (nSPS) is 15.9. The zero-order chi connectivity index (χ0) is 17.8. The number of nitrogens with one attached hydrogen (secondary N) is 1.